The minimum atomic E-state index is -2.25. The zero-order chi connectivity index (χ0) is 23.8. The van der Waals surface area contributed by atoms with E-state index in [1.807, 2.05) is 12.1 Å². The predicted octanol–water partition coefficient (Wildman–Crippen LogP) is 6.72. The second kappa shape index (κ2) is 9.74. The summed E-state index contributed by atoms with van der Waals surface area (Å²) in [6.45, 7) is 14.2. The van der Waals surface area contributed by atoms with Crippen molar-refractivity contribution < 1.29 is 19.0 Å². The first-order valence-electron chi connectivity index (χ1n) is 13.0. The summed E-state index contributed by atoms with van der Waals surface area (Å²) < 4.78 is 19.8. The van der Waals surface area contributed by atoms with Crippen LogP contribution >= 0.6 is 0 Å². The van der Waals surface area contributed by atoms with Crippen molar-refractivity contribution in [3.63, 3.8) is 0 Å². The van der Waals surface area contributed by atoms with Crippen molar-refractivity contribution in [3.8, 4) is 17.6 Å². The third-order valence-electron chi connectivity index (χ3n) is 8.24. The van der Waals surface area contributed by atoms with E-state index in [0.717, 1.165) is 29.2 Å². The first-order chi connectivity index (χ1) is 15.7. The van der Waals surface area contributed by atoms with Gasteiger partial charge in [-0.05, 0) is 53.6 Å². The van der Waals surface area contributed by atoms with Gasteiger partial charge in [-0.25, -0.2) is 0 Å². The van der Waals surface area contributed by atoms with Gasteiger partial charge in [0.05, 0.1) is 6.61 Å². The SMILES string of the molecule is CC(C)[Si](O[C@@H]1c2cc(C#CCC3CCCC3)ccc2O[C@]12OCC[C@H]2O)(C(C)C)C(C)C. The lowest BCUT2D eigenvalue weighted by molar-refractivity contribution is -0.230. The van der Waals surface area contributed by atoms with Crippen molar-refractivity contribution in [3.05, 3.63) is 29.3 Å². The van der Waals surface area contributed by atoms with Gasteiger partial charge in [-0.3, -0.25) is 0 Å². The highest BCUT2D eigenvalue weighted by molar-refractivity contribution is 6.77. The summed E-state index contributed by atoms with van der Waals surface area (Å²) in [6.07, 6.45) is 5.69. The lowest BCUT2D eigenvalue weighted by atomic mass is 9.98. The van der Waals surface area contributed by atoms with Crippen LogP contribution in [0.15, 0.2) is 18.2 Å². The van der Waals surface area contributed by atoms with E-state index in [1.54, 1.807) is 0 Å². The molecule has 182 valence electrons. The molecule has 2 heterocycles. The molecule has 0 radical (unpaired) electrons. The van der Waals surface area contributed by atoms with Crippen molar-refractivity contribution in [1.82, 2.24) is 0 Å². The highest BCUT2D eigenvalue weighted by Gasteiger charge is 2.61. The molecule has 2 fully saturated rings. The molecule has 5 heteroatoms. The molecule has 3 atom stereocenters. The molecule has 1 aliphatic carbocycles. The number of fused-ring (bicyclic) bond motifs is 1. The third-order valence-corrected chi connectivity index (χ3v) is 14.3. The molecule has 2 aliphatic heterocycles. The Balaban J connectivity index is 1.70. The maximum absolute atomic E-state index is 11.0. The molecule has 4 rings (SSSR count). The van der Waals surface area contributed by atoms with Gasteiger partial charge in [-0.1, -0.05) is 66.2 Å². The highest BCUT2D eigenvalue weighted by Crippen LogP contribution is 2.55. The smallest absolute Gasteiger partial charge is 0.266 e. The second-order valence-electron chi connectivity index (χ2n) is 11.2. The molecule has 4 nitrogen and oxygen atoms in total. The van der Waals surface area contributed by atoms with Crippen LogP contribution in [0.2, 0.25) is 16.6 Å². The van der Waals surface area contributed by atoms with Crippen LogP contribution in [0.3, 0.4) is 0 Å². The number of hydrogen-bond acceptors (Lipinski definition) is 4. The van der Waals surface area contributed by atoms with Gasteiger partial charge < -0.3 is 19.0 Å². The Bertz CT molecular complexity index is 871. The van der Waals surface area contributed by atoms with Crippen molar-refractivity contribution in [2.45, 2.75) is 115 Å². The molecule has 1 aromatic carbocycles. The molecule has 3 aliphatic rings. The Morgan fingerprint density at radius 3 is 2.30 bits per heavy atom. The summed E-state index contributed by atoms with van der Waals surface area (Å²) >= 11 is 0. The molecule has 1 spiro atoms. The molecule has 0 aromatic heterocycles. The van der Waals surface area contributed by atoms with Crippen LogP contribution in [0.4, 0.5) is 0 Å². The lowest BCUT2D eigenvalue weighted by Crippen LogP contribution is -2.55. The Hall–Kier alpha value is -1.32. The third kappa shape index (κ3) is 4.41. The summed E-state index contributed by atoms with van der Waals surface area (Å²) in [4.78, 5) is 0. The van der Waals surface area contributed by atoms with E-state index in [4.69, 9.17) is 13.9 Å². The van der Waals surface area contributed by atoms with Crippen LogP contribution in [0.1, 0.15) is 97.3 Å². The summed E-state index contributed by atoms with van der Waals surface area (Å²) in [5.74, 6) is 7.16. The van der Waals surface area contributed by atoms with Crippen LogP contribution in [0, 0.1) is 17.8 Å². The molecular formula is C28H42O4Si. The van der Waals surface area contributed by atoms with Gasteiger partial charge in [0.25, 0.3) is 5.79 Å². The van der Waals surface area contributed by atoms with Gasteiger partial charge in [-0.15, -0.1) is 0 Å². The fourth-order valence-corrected chi connectivity index (χ4v) is 12.1. The van der Waals surface area contributed by atoms with E-state index in [-0.39, 0.29) is 0 Å². The van der Waals surface area contributed by atoms with Gasteiger partial charge in [0.15, 0.2) is 0 Å². The van der Waals surface area contributed by atoms with E-state index >= 15 is 0 Å². The average molecular weight is 471 g/mol. The quantitative estimate of drug-likeness (QED) is 0.370. The van der Waals surface area contributed by atoms with Gasteiger partial charge in [0.2, 0.25) is 8.32 Å². The van der Waals surface area contributed by atoms with Gasteiger partial charge in [0.1, 0.15) is 18.0 Å². The van der Waals surface area contributed by atoms with Crippen molar-refractivity contribution in [2.75, 3.05) is 6.61 Å². The number of benzene rings is 1. The minimum absolute atomic E-state index is 0.423. The first kappa shape index (κ1) is 24.8. The molecule has 1 saturated carbocycles. The maximum atomic E-state index is 11.0. The van der Waals surface area contributed by atoms with E-state index in [0.29, 0.717) is 29.7 Å². The Labute approximate surface area is 201 Å². The zero-order valence-electron chi connectivity index (χ0n) is 21.3. The number of rotatable bonds is 6. The lowest BCUT2D eigenvalue weighted by Gasteiger charge is -2.46. The molecule has 1 N–H and O–H groups in total. The van der Waals surface area contributed by atoms with Crippen LogP contribution in [-0.4, -0.2) is 31.9 Å². The molecule has 0 bridgehead atoms. The summed E-state index contributed by atoms with van der Waals surface area (Å²) in [6, 6.07) is 6.12. The van der Waals surface area contributed by atoms with Crippen molar-refractivity contribution >= 4 is 8.32 Å². The van der Waals surface area contributed by atoms with E-state index in [1.165, 1.54) is 25.7 Å². The van der Waals surface area contributed by atoms with Crippen LogP contribution < -0.4 is 4.74 Å². The summed E-state index contributed by atoms with van der Waals surface area (Å²) in [5, 5.41) is 11.0. The maximum Gasteiger partial charge on any atom is 0.266 e. The van der Waals surface area contributed by atoms with E-state index in [2.05, 4.69) is 59.4 Å². The van der Waals surface area contributed by atoms with Gasteiger partial charge >= 0.3 is 0 Å². The number of aliphatic hydroxyl groups is 1. The number of hydrogen-bond donors (Lipinski definition) is 1. The second-order valence-corrected chi connectivity index (χ2v) is 16.6. The largest absolute Gasteiger partial charge is 0.456 e. The summed E-state index contributed by atoms with van der Waals surface area (Å²) in [7, 11) is -2.25. The summed E-state index contributed by atoms with van der Waals surface area (Å²) in [5.41, 5.74) is 3.23. The standard InChI is InChI=1S/C28H42O4Si/c1-19(2)33(20(3)4,21(5)6)32-27-24-18-23(13-9-12-22-10-7-8-11-22)14-15-25(24)31-28(27)26(29)16-17-30-28/h14-15,18-22,26-27,29H,7-8,10-12,16-17H2,1-6H3/t26-,27-,28+/m1/s1. The Morgan fingerprint density at radius 2 is 1.73 bits per heavy atom. The van der Waals surface area contributed by atoms with Gasteiger partial charge in [-0.2, -0.15) is 0 Å². The fraction of sp³-hybridized carbons (Fsp3) is 0.714. The van der Waals surface area contributed by atoms with Crippen molar-refractivity contribution in [2.24, 2.45) is 5.92 Å². The van der Waals surface area contributed by atoms with E-state index in [9.17, 15) is 5.11 Å². The fourth-order valence-electron chi connectivity index (χ4n) is 6.61. The Morgan fingerprint density at radius 1 is 1.06 bits per heavy atom. The number of ether oxygens (including phenoxy) is 2. The van der Waals surface area contributed by atoms with Crippen molar-refractivity contribution in [1.29, 1.82) is 0 Å². The zero-order valence-corrected chi connectivity index (χ0v) is 22.3. The van der Waals surface area contributed by atoms with Crippen LogP contribution in [-0.2, 0) is 9.16 Å². The van der Waals surface area contributed by atoms with Gasteiger partial charge in [0, 0.05) is 24.0 Å². The molecule has 0 amide bonds. The molecule has 0 unspecified atom stereocenters. The highest BCUT2D eigenvalue weighted by atomic mass is 28.4. The predicted molar refractivity (Wildman–Crippen MR) is 135 cm³/mol. The minimum Gasteiger partial charge on any atom is -0.456 e. The normalized spacial score (nSPS) is 27.5. The molecular weight excluding hydrogens is 428 g/mol. The topological polar surface area (TPSA) is 47.9 Å². The monoisotopic (exact) mass is 470 g/mol. The first-order valence-corrected chi connectivity index (χ1v) is 15.2. The average Bonchev–Trinajstić information content (AvgIpc) is 3.46. The van der Waals surface area contributed by atoms with E-state index < -0.39 is 26.3 Å². The molecule has 1 aromatic rings. The Kier molecular flexibility index (Phi) is 7.31. The van der Waals surface area contributed by atoms with Crippen LogP contribution in [0.25, 0.3) is 0 Å². The molecule has 1 saturated heterocycles. The molecule has 33 heavy (non-hydrogen) atoms. The van der Waals surface area contributed by atoms with Crippen LogP contribution in [0.5, 0.6) is 5.75 Å². The number of aliphatic hydroxyl groups excluding tert-OH is 1.